The molecule has 1 aromatic carbocycles. The fourth-order valence-corrected chi connectivity index (χ4v) is 3.20. The smallest absolute Gasteiger partial charge is 0.00670 e. The molecule has 2 rings (SSSR count). The summed E-state index contributed by atoms with van der Waals surface area (Å²) >= 11 is 0. The van der Waals surface area contributed by atoms with Crippen molar-refractivity contribution in [1.29, 1.82) is 0 Å². The van der Waals surface area contributed by atoms with Crippen LogP contribution in [-0.4, -0.2) is 12.6 Å². The van der Waals surface area contributed by atoms with Crippen LogP contribution in [0.25, 0.3) is 0 Å². The van der Waals surface area contributed by atoms with E-state index >= 15 is 0 Å². The minimum absolute atomic E-state index is 0.816. The normalized spacial score (nSPS) is 19.5. The number of aryl methyl sites for hydroxylation is 2. The predicted octanol–water partition coefficient (Wildman–Crippen LogP) is 4.49. The van der Waals surface area contributed by atoms with Crippen molar-refractivity contribution in [3.8, 4) is 0 Å². The third-order valence-electron chi connectivity index (χ3n) is 4.41. The van der Waals surface area contributed by atoms with Gasteiger partial charge in [-0.25, -0.2) is 0 Å². The predicted molar refractivity (Wildman–Crippen MR) is 83.6 cm³/mol. The van der Waals surface area contributed by atoms with Gasteiger partial charge >= 0.3 is 0 Å². The highest BCUT2D eigenvalue weighted by Gasteiger charge is 2.11. The van der Waals surface area contributed by atoms with Crippen molar-refractivity contribution in [1.82, 2.24) is 5.32 Å². The first-order valence-corrected chi connectivity index (χ1v) is 8.20. The number of nitrogens with one attached hydrogen (secondary N) is 1. The Morgan fingerprint density at radius 1 is 1.05 bits per heavy atom. The number of piperidine rings is 1. The maximum atomic E-state index is 3.65. The fourth-order valence-electron chi connectivity index (χ4n) is 3.20. The highest BCUT2D eigenvalue weighted by atomic mass is 14.9. The second kappa shape index (κ2) is 8.37. The molecule has 0 aliphatic carbocycles. The Labute approximate surface area is 118 Å². The van der Waals surface area contributed by atoms with E-state index in [2.05, 4.69) is 36.5 Å². The monoisotopic (exact) mass is 259 g/mol. The van der Waals surface area contributed by atoms with Gasteiger partial charge < -0.3 is 5.32 Å². The zero-order chi connectivity index (χ0) is 13.3. The van der Waals surface area contributed by atoms with E-state index in [1.165, 1.54) is 69.9 Å². The molecule has 106 valence electrons. The average molecular weight is 259 g/mol. The second-order valence-electron chi connectivity index (χ2n) is 5.87. The average Bonchev–Trinajstić information content (AvgIpc) is 2.48. The fraction of sp³-hybridized carbons (Fsp3) is 0.667. The van der Waals surface area contributed by atoms with E-state index in [0.29, 0.717) is 0 Å². The standard InChI is InChI=1S/C18H29N/c1-2-16-10-6-7-12-17(16)11-4-3-5-13-18-14-8-9-15-19-18/h6-7,10,12,18-19H,2-5,8-9,11,13-15H2,1H3. The van der Waals surface area contributed by atoms with E-state index in [1.807, 2.05) is 0 Å². The molecule has 0 bridgehead atoms. The summed E-state index contributed by atoms with van der Waals surface area (Å²) in [5, 5.41) is 3.65. The Morgan fingerprint density at radius 3 is 2.63 bits per heavy atom. The molecule has 0 spiro atoms. The molecule has 1 heterocycles. The van der Waals surface area contributed by atoms with Crippen LogP contribution >= 0.6 is 0 Å². The van der Waals surface area contributed by atoms with Crippen molar-refractivity contribution < 1.29 is 0 Å². The van der Waals surface area contributed by atoms with Crippen LogP contribution in [0.5, 0.6) is 0 Å². The van der Waals surface area contributed by atoms with Crippen molar-refractivity contribution in [3.05, 3.63) is 35.4 Å². The Balaban J connectivity index is 1.61. The van der Waals surface area contributed by atoms with E-state index in [1.54, 1.807) is 5.56 Å². The summed E-state index contributed by atoms with van der Waals surface area (Å²) in [5.41, 5.74) is 3.11. The third kappa shape index (κ3) is 4.99. The van der Waals surface area contributed by atoms with Crippen molar-refractivity contribution in [2.45, 2.75) is 70.8 Å². The summed E-state index contributed by atoms with van der Waals surface area (Å²) in [6.45, 7) is 3.50. The molecule has 1 aromatic rings. The minimum atomic E-state index is 0.816. The van der Waals surface area contributed by atoms with E-state index in [9.17, 15) is 0 Å². The number of hydrogen-bond acceptors (Lipinski definition) is 1. The van der Waals surface area contributed by atoms with Crippen molar-refractivity contribution in [3.63, 3.8) is 0 Å². The molecule has 0 saturated carbocycles. The maximum absolute atomic E-state index is 3.65. The summed E-state index contributed by atoms with van der Waals surface area (Å²) in [4.78, 5) is 0. The van der Waals surface area contributed by atoms with Gasteiger partial charge in [-0.2, -0.15) is 0 Å². The van der Waals surface area contributed by atoms with Gasteiger partial charge in [0.25, 0.3) is 0 Å². The SMILES string of the molecule is CCc1ccccc1CCCCCC1CCCCN1. The largest absolute Gasteiger partial charge is 0.314 e. The third-order valence-corrected chi connectivity index (χ3v) is 4.41. The van der Waals surface area contributed by atoms with Crippen molar-refractivity contribution >= 4 is 0 Å². The summed E-state index contributed by atoms with van der Waals surface area (Å²) in [6, 6.07) is 9.75. The molecule has 1 unspecified atom stereocenters. The van der Waals surface area contributed by atoms with Crippen LogP contribution in [-0.2, 0) is 12.8 Å². The van der Waals surface area contributed by atoms with Crippen LogP contribution in [0.1, 0.15) is 63.0 Å². The van der Waals surface area contributed by atoms with Gasteiger partial charge in [-0.15, -0.1) is 0 Å². The van der Waals surface area contributed by atoms with Crippen LogP contribution in [0.4, 0.5) is 0 Å². The molecule has 1 atom stereocenters. The van der Waals surface area contributed by atoms with E-state index in [-0.39, 0.29) is 0 Å². The summed E-state index contributed by atoms with van der Waals surface area (Å²) in [5.74, 6) is 0. The van der Waals surface area contributed by atoms with Gasteiger partial charge in [0.2, 0.25) is 0 Å². The van der Waals surface area contributed by atoms with Crippen LogP contribution in [0, 0.1) is 0 Å². The summed E-state index contributed by atoms with van der Waals surface area (Å²) in [7, 11) is 0. The maximum Gasteiger partial charge on any atom is 0.00670 e. The van der Waals surface area contributed by atoms with Gasteiger partial charge in [0, 0.05) is 6.04 Å². The molecule has 1 aliphatic heterocycles. The van der Waals surface area contributed by atoms with Crippen LogP contribution in [0.15, 0.2) is 24.3 Å². The first-order chi connectivity index (χ1) is 9.40. The first-order valence-electron chi connectivity index (χ1n) is 8.20. The molecule has 1 nitrogen and oxygen atoms in total. The van der Waals surface area contributed by atoms with Gasteiger partial charge in [0.05, 0.1) is 0 Å². The lowest BCUT2D eigenvalue weighted by Gasteiger charge is -2.23. The first kappa shape index (κ1) is 14.6. The molecule has 1 aliphatic rings. The summed E-state index contributed by atoms with van der Waals surface area (Å²) in [6.07, 6.45) is 12.2. The van der Waals surface area contributed by atoms with E-state index < -0.39 is 0 Å². The number of benzene rings is 1. The van der Waals surface area contributed by atoms with Gasteiger partial charge in [-0.05, 0) is 56.2 Å². The van der Waals surface area contributed by atoms with Gasteiger partial charge in [-0.1, -0.05) is 50.5 Å². The van der Waals surface area contributed by atoms with Crippen LogP contribution < -0.4 is 5.32 Å². The molecule has 1 saturated heterocycles. The zero-order valence-electron chi connectivity index (χ0n) is 12.5. The Bertz CT molecular complexity index is 352. The van der Waals surface area contributed by atoms with Crippen molar-refractivity contribution in [2.75, 3.05) is 6.54 Å². The highest BCUT2D eigenvalue weighted by molar-refractivity contribution is 5.26. The Kier molecular flexibility index (Phi) is 6.43. The molecule has 1 fully saturated rings. The molecule has 1 N–H and O–H groups in total. The summed E-state index contributed by atoms with van der Waals surface area (Å²) < 4.78 is 0. The lowest BCUT2D eigenvalue weighted by Crippen LogP contribution is -2.33. The van der Waals surface area contributed by atoms with Crippen molar-refractivity contribution in [2.24, 2.45) is 0 Å². The molecular weight excluding hydrogens is 230 g/mol. The zero-order valence-corrected chi connectivity index (χ0v) is 12.5. The van der Waals surface area contributed by atoms with Gasteiger partial charge in [0.15, 0.2) is 0 Å². The molecular formula is C18H29N. The molecule has 19 heavy (non-hydrogen) atoms. The number of rotatable bonds is 7. The number of hydrogen-bond donors (Lipinski definition) is 1. The van der Waals surface area contributed by atoms with Gasteiger partial charge in [-0.3, -0.25) is 0 Å². The van der Waals surface area contributed by atoms with E-state index in [4.69, 9.17) is 0 Å². The van der Waals surface area contributed by atoms with Crippen LogP contribution in [0.2, 0.25) is 0 Å². The van der Waals surface area contributed by atoms with E-state index in [0.717, 1.165) is 6.04 Å². The second-order valence-corrected chi connectivity index (χ2v) is 5.87. The molecule has 0 amide bonds. The molecule has 0 radical (unpaired) electrons. The Morgan fingerprint density at radius 2 is 1.89 bits per heavy atom. The quantitative estimate of drug-likeness (QED) is 0.711. The lowest BCUT2D eigenvalue weighted by atomic mass is 9.96. The molecule has 0 aromatic heterocycles. The number of unbranched alkanes of at least 4 members (excludes halogenated alkanes) is 2. The lowest BCUT2D eigenvalue weighted by molar-refractivity contribution is 0.371. The topological polar surface area (TPSA) is 12.0 Å². The molecule has 1 heteroatoms. The minimum Gasteiger partial charge on any atom is -0.314 e. The van der Waals surface area contributed by atoms with Crippen LogP contribution in [0.3, 0.4) is 0 Å². The van der Waals surface area contributed by atoms with Gasteiger partial charge in [0.1, 0.15) is 0 Å². The highest BCUT2D eigenvalue weighted by Crippen LogP contribution is 2.16. The Hall–Kier alpha value is -0.820.